The lowest BCUT2D eigenvalue weighted by Gasteiger charge is -2.31. The third kappa shape index (κ3) is 3.08. The van der Waals surface area contributed by atoms with E-state index >= 15 is 0 Å². The molecule has 0 unspecified atom stereocenters. The van der Waals surface area contributed by atoms with Gasteiger partial charge in [-0.05, 0) is 27.7 Å². The summed E-state index contributed by atoms with van der Waals surface area (Å²) < 4.78 is 33.7. The Morgan fingerprint density at radius 3 is 2.52 bits per heavy atom. The third-order valence-corrected chi connectivity index (χ3v) is 3.98. The van der Waals surface area contributed by atoms with Crippen LogP contribution in [0.25, 0.3) is 0 Å². The van der Waals surface area contributed by atoms with Crippen LogP contribution in [0.4, 0.5) is 0 Å². The van der Waals surface area contributed by atoms with Gasteiger partial charge < -0.3 is 28.4 Å². The average Bonchev–Trinajstić information content (AvgIpc) is 2.78. The first-order chi connectivity index (χ1) is 10.5. The van der Waals surface area contributed by atoms with Gasteiger partial charge in [0.15, 0.2) is 23.3 Å². The van der Waals surface area contributed by atoms with Crippen LogP contribution < -0.4 is 0 Å². The zero-order chi connectivity index (χ0) is 17.0. The molecule has 0 spiro atoms. The number of fused-ring (bicyclic) bond motifs is 2. The second-order valence-electron chi connectivity index (χ2n) is 7.03. The largest absolute Gasteiger partial charge is 0.463 e. The summed E-state index contributed by atoms with van der Waals surface area (Å²) in [6.07, 6.45) is -2.19. The molecule has 23 heavy (non-hydrogen) atoms. The van der Waals surface area contributed by atoms with Crippen LogP contribution in [0, 0.1) is 0 Å². The Kier molecular flexibility index (Phi) is 3.72. The molecule has 8 heteroatoms. The SMILES string of the molecule is CC(=O)OC[C@@]12C[C@H]3OC(C)(C)O[C@H]3C(=O)O[C@@H]1OC(C)(C)O2. The topological polar surface area (TPSA) is 89.5 Å². The van der Waals surface area contributed by atoms with Crippen LogP contribution in [0.15, 0.2) is 0 Å². The second-order valence-corrected chi connectivity index (χ2v) is 7.03. The van der Waals surface area contributed by atoms with Crippen molar-refractivity contribution >= 4 is 11.9 Å². The quantitative estimate of drug-likeness (QED) is 0.689. The summed E-state index contributed by atoms with van der Waals surface area (Å²) in [6.45, 7) is 8.06. The number of ether oxygens (including phenoxy) is 6. The molecule has 0 aromatic carbocycles. The van der Waals surface area contributed by atoms with Gasteiger partial charge in [-0.25, -0.2) is 4.79 Å². The van der Waals surface area contributed by atoms with Gasteiger partial charge in [-0.2, -0.15) is 0 Å². The fourth-order valence-corrected chi connectivity index (χ4v) is 3.27. The van der Waals surface area contributed by atoms with E-state index < -0.39 is 47.6 Å². The van der Waals surface area contributed by atoms with Crippen LogP contribution in [0.2, 0.25) is 0 Å². The van der Waals surface area contributed by atoms with Crippen LogP contribution in [-0.4, -0.2) is 54.2 Å². The standard InChI is InChI=1S/C15H22O8/c1-8(16)18-7-15-6-9-10(21-13(2,3)20-9)11(17)19-12(15)22-14(4,5)23-15/h9-10,12H,6-7H2,1-5H3/t9-,10-,12-,15+/m1/s1. The molecule has 3 fully saturated rings. The molecular formula is C15H22O8. The van der Waals surface area contributed by atoms with E-state index in [1.165, 1.54) is 6.92 Å². The van der Waals surface area contributed by atoms with Gasteiger partial charge in [-0.3, -0.25) is 4.79 Å². The van der Waals surface area contributed by atoms with Crippen molar-refractivity contribution in [2.24, 2.45) is 0 Å². The summed E-state index contributed by atoms with van der Waals surface area (Å²) in [6, 6.07) is 0. The first-order valence-corrected chi connectivity index (χ1v) is 7.59. The smallest absolute Gasteiger partial charge is 0.340 e. The van der Waals surface area contributed by atoms with Gasteiger partial charge in [0.1, 0.15) is 12.7 Å². The van der Waals surface area contributed by atoms with Gasteiger partial charge in [0.2, 0.25) is 6.29 Å². The van der Waals surface area contributed by atoms with E-state index in [2.05, 4.69) is 0 Å². The molecule has 3 saturated heterocycles. The molecule has 8 nitrogen and oxygen atoms in total. The van der Waals surface area contributed by atoms with E-state index in [4.69, 9.17) is 28.4 Å². The highest BCUT2D eigenvalue weighted by molar-refractivity contribution is 5.76. The summed E-state index contributed by atoms with van der Waals surface area (Å²) in [5.74, 6) is -2.91. The summed E-state index contributed by atoms with van der Waals surface area (Å²) in [5, 5.41) is 0. The molecule has 0 aromatic rings. The Balaban J connectivity index is 1.91. The molecule has 0 aliphatic carbocycles. The lowest BCUT2D eigenvalue weighted by atomic mass is 9.95. The number of carbonyl (C=O) groups is 2. The van der Waals surface area contributed by atoms with E-state index in [0.717, 1.165) is 0 Å². The normalized spacial score (nSPS) is 40.7. The highest BCUT2D eigenvalue weighted by Gasteiger charge is 2.63. The monoisotopic (exact) mass is 330 g/mol. The van der Waals surface area contributed by atoms with Crippen molar-refractivity contribution in [1.29, 1.82) is 0 Å². The van der Waals surface area contributed by atoms with Crippen molar-refractivity contribution in [3.05, 3.63) is 0 Å². The molecule has 0 amide bonds. The predicted octanol–water partition coefficient (Wildman–Crippen LogP) is 0.864. The van der Waals surface area contributed by atoms with Crippen molar-refractivity contribution in [1.82, 2.24) is 0 Å². The Morgan fingerprint density at radius 2 is 1.87 bits per heavy atom. The lowest BCUT2D eigenvalue weighted by Crippen LogP contribution is -2.48. The molecule has 4 atom stereocenters. The molecule has 3 aliphatic rings. The maximum Gasteiger partial charge on any atom is 0.340 e. The molecule has 0 radical (unpaired) electrons. The zero-order valence-corrected chi connectivity index (χ0v) is 13.9. The average molecular weight is 330 g/mol. The lowest BCUT2D eigenvalue weighted by molar-refractivity contribution is -0.210. The maximum absolute atomic E-state index is 12.3. The number of hydrogen-bond acceptors (Lipinski definition) is 8. The van der Waals surface area contributed by atoms with Crippen LogP contribution in [0.3, 0.4) is 0 Å². The van der Waals surface area contributed by atoms with Crippen LogP contribution in [-0.2, 0) is 38.0 Å². The third-order valence-electron chi connectivity index (χ3n) is 3.98. The minimum atomic E-state index is -1.13. The first kappa shape index (κ1) is 16.6. The zero-order valence-electron chi connectivity index (χ0n) is 13.9. The molecule has 3 aliphatic heterocycles. The first-order valence-electron chi connectivity index (χ1n) is 7.59. The Morgan fingerprint density at radius 1 is 1.17 bits per heavy atom. The van der Waals surface area contributed by atoms with Gasteiger partial charge in [0.05, 0.1) is 0 Å². The van der Waals surface area contributed by atoms with E-state index in [9.17, 15) is 9.59 Å². The van der Waals surface area contributed by atoms with E-state index in [1.807, 2.05) is 0 Å². The van der Waals surface area contributed by atoms with Crippen LogP contribution >= 0.6 is 0 Å². The van der Waals surface area contributed by atoms with E-state index in [0.29, 0.717) is 0 Å². The molecule has 3 rings (SSSR count). The number of esters is 2. The molecule has 0 saturated carbocycles. The van der Waals surface area contributed by atoms with Crippen molar-refractivity contribution < 1.29 is 38.0 Å². The Bertz CT molecular complexity index is 528. The fraction of sp³-hybridized carbons (Fsp3) is 0.867. The molecular weight excluding hydrogens is 308 g/mol. The number of hydrogen-bond donors (Lipinski definition) is 0. The number of carbonyl (C=O) groups excluding carboxylic acids is 2. The van der Waals surface area contributed by atoms with Gasteiger partial charge in [-0.15, -0.1) is 0 Å². The van der Waals surface area contributed by atoms with Gasteiger partial charge >= 0.3 is 11.9 Å². The minimum absolute atomic E-state index is 0.100. The van der Waals surface area contributed by atoms with E-state index in [1.54, 1.807) is 27.7 Å². The van der Waals surface area contributed by atoms with Gasteiger partial charge in [0.25, 0.3) is 0 Å². The van der Waals surface area contributed by atoms with Crippen molar-refractivity contribution in [3.63, 3.8) is 0 Å². The molecule has 0 aromatic heterocycles. The molecule has 3 heterocycles. The van der Waals surface area contributed by atoms with Gasteiger partial charge in [-0.1, -0.05) is 0 Å². The van der Waals surface area contributed by atoms with Gasteiger partial charge in [0, 0.05) is 13.3 Å². The Hall–Kier alpha value is -1.22. The predicted molar refractivity (Wildman–Crippen MR) is 73.9 cm³/mol. The highest BCUT2D eigenvalue weighted by atomic mass is 16.9. The van der Waals surface area contributed by atoms with Crippen molar-refractivity contribution in [2.75, 3.05) is 6.61 Å². The van der Waals surface area contributed by atoms with Crippen molar-refractivity contribution in [2.45, 2.75) is 76.7 Å². The summed E-state index contributed by atoms with van der Waals surface area (Å²) in [4.78, 5) is 23.6. The number of rotatable bonds is 2. The summed E-state index contributed by atoms with van der Waals surface area (Å²) in [5.41, 5.74) is -1.13. The Labute approximate surface area is 134 Å². The summed E-state index contributed by atoms with van der Waals surface area (Å²) >= 11 is 0. The van der Waals surface area contributed by atoms with E-state index in [-0.39, 0.29) is 13.0 Å². The fourth-order valence-electron chi connectivity index (χ4n) is 3.27. The van der Waals surface area contributed by atoms with Crippen LogP contribution in [0.1, 0.15) is 41.0 Å². The highest BCUT2D eigenvalue weighted by Crippen LogP contribution is 2.46. The summed E-state index contributed by atoms with van der Waals surface area (Å²) in [7, 11) is 0. The van der Waals surface area contributed by atoms with Crippen molar-refractivity contribution in [3.8, 4) is 0 Å². The molecule has 0 N–H and O–H groups in total. The maximum atomic E-state index is 12.3. The second kappa shape index (κ2) is 5.14. The van der Waals surface area contributed by atoms with Crippen LogP contribution in [0.5, 0.6) is 0 Å². The molecule has 0 bridgehead atoms. The minimum Gasteiger partial charge on any atom is -0.463 e. The molecule has 130 valence electrons.